The number of para-hydroxylation sites is 2. The topological polar surface area (TPSA) is 34.9 Å². The molecule has 3 aromatic carbocycles. The summed E-state index contributed by atoms with van der Waals surface area (Å²) in [5.74, 6) is 0. The SMILES string of the molecule is O=c1c(-c2ccccc2)nc2ccccc2n1-c1ccc(Cl)cc1. The zero-order chi connectivity index (χ0) is 16.5. The van der Waals surface area contributed by atoms with Gasteiger partial charge in [0.1, 0.15) is 5.69 Å². The van der Waals surface area contributed by atoms with Crippen LogP contribution < -0.4 is 5.56 Å². The number of hydrogen-bond donors (Lipinski definition) is 0. The summed E-state index contributed by atoms with van der Waals surface area (Å²) in [4.78, 5) is 17.7. The van der Waals surface area contributed by atoms with Crippen LogP contribution in [-0.4, -0.2) is 9.55 Å². The Hall–Kier alpha value is -2.91. The number of aromatic nitrogens is 2. The quantitative estimate of drug-likeness (QED) is 0.533. The first-order valence-electron chi connectivity index (χ1n) is 7.57. The number of hydrogen-bond acceptors (Lipinski definition) is 2. The van der Waals surface area contributed by atoms with Crippen LogP contribution >= 0.6 is 11.6 Å². The van der Waals surface area contributed by atoms with Gasteiger partial charge in [-0.3, -0.25) is 9.36 Å². The number of rotatable bonds is 2. The second kappa shape index (κ2) is 5.95. The van der Waals surface area contributed by atoms with E-state index in [4.69, 9.17) is 11.6 Å². The third kappa shape index (κ3) is 2.49. The van der Waals surface area contributed by atoms with Gasteiger partial charge in [0.2, 0.25) is 0 Å². The maximum atomic E-state index is 13.1. The second-order valence-corrected chi connectivity index (χ2v) is 5.87. The summed E-state index contributed by atoms with van der Waals surface area (Å²) >= 11 is 5.98. The molecule has 0 radical (unpaired) electrons. The molecule has 1 aromatic heterocycles. The van der Waals surface area contributed by atoms with E-state index in [1.165, 1.54) is 0 Å². The average Bonchev–Trinajstić information content (AvgIpc) is 2.63. The summed E-state index contributed by atoms with van der Waals surface area (Å²) in [6, 6.07) is 24.4. The van der Waals surface area contributed by atoms with Crippen molar-refractivity contribution in [1.29, 1.82) is 0 Å². The summed E-state index contributed by atoms with van der Waals surface area (Å²) in [6.07, 6.45) is 0. The molecular formula is C20H13ClN2O. The Morgan fingerprint density at radius 2 is 1.46 bits per heavy atom. The van der Waals surface area contributed by atoms with Gasteiger partial charge >= 0.3 is 0 Å². The standard InChI is InChI=1S/C20H13ClN2O/c21-15-10-12-16(13-11-15)23-18-9-5-4-8-17(18)22-19(20(23)24)14-6-2-1-3-7-14/h1-13H. The molecule has 0 saturated carbocycles. The molecule has 0 aliphatic heterocycles. The first-order chi connectivity index (χ1) is 11.7. The first-order valence-corrected chi connectivity index (χ1v) is 7.95. The van der Waals surface area contributed by atoms with Gasteiger partial charge in [-0.15, -0.1) is 0 Å². The highest BCUT2D eigenvalue weighted by Crippen LogP contribution is 2.21. The summed E-state index contributed by atoms with van der Waals surface area (Å²) < 4.78 is 1.68. The number of nitrogens with zero attached hydrogens (tertiary/aromatic N) is 2. The molecule has 0 saturated heterocycles. The molecule has 4 heteroatoms. The molecule has 0 amide bonds. The van der Waals surface area contributed by atoms with E-state index in [9.17, 15) is 4.79 Å². The molecule has 0 bridgehead atoms. The molecule has 0 aliphatic carbocycles. The summed E-state index contributed by atoms with van der Waals surface area (Å²) in [7, 11) is 0. The van der Waals surface area contributed by atoms with Crippen LogP contribution in [-0.2, 0) is 0 Å². The molecule has 0 aliphatic rings. The monoisotopic (exact) mass is 332 g/mol. The molecule has 0 atom stereocenters. The van der Waals surface area contributed by atoms with Gasteiger partial charge in [-0.25, -0.2) is 4.98 Å². The van der Waals surface area contributed by atoms with E-state index in [0.29, 0.717) is 10.7 Å². The van der Waals surface area contributed by atoms with Crippen molar-refractivity contribution in [2.75, 3.05) is 0 Å². The molecule has 4 rings (SSSR count). The number of halogens is 1. The van der Waals surface area contributed by atoms with E-state index in [1.54, 1.807) is 16.7 Å². The highest BCUT2D eigenvalue weighted by atomic mass is 35.5. The third-order valence-corrected chi connectivity index (χ3v) is 4.14. The lowest BCUT2D eigenvalue weighted by molar-refractivity contribution is 1.02. The molecule has 1 heterocycles. The predicted molar refractivity (Wildman–Crippen MR) is 97.8 cm³/mol. The van der Waals surface area contributed by atoms with Gasteiger partial charge in [-0.1, -0.05) is 54.1 Å². The van der Waals surface area contributed by atoms with E-state index in [0.717, 1.165) is 22.3 Å². The minimum absolute atomic E-state index is 0.151. The van der Waals surface area contributed by atoms with Gasteiger partial charge in [0.25, 0.3) is 5.56 Å². The fourth-order valence-electron chi connectivity index (χ4n) is 2.76. The van der Waals surface area contributed by atoms with Crippen molar-refractivity contribution in [2.24, 2.45) is 0 Å². The minimum Gasteiger partial charge on any atom is -0.273 e. The molecule has 0 unspecified atom stereocenters. The molecule has 0 fully saturated rings. The van der Waals surface area contributed by atoms with E-state index in [2.05, 4.69) is 4.98 Å². The van der Waals surface area contributed by atoms with Crippen LogP contribution in [0.5, 0.6) is 0 Å². The number of benzene rings is 3. The first kappa shape index (κ1) is 14.7. The highest BCUT2D eigenvalue weighted by Gasteiger charge is 2.13. The molecule has 4 aromatic rings. The molecule has 116 valence electrons. The Bertz CT molecular complexity index is 1070. The van der Waals surface area contributed by atoms with Crippen LogP contribution in [0.15, 0.2) is 83.7 Å². The second-order valence-electron chi connectivity index (χ2n) is 5.43. The zero-order valence-corrected chi connectivity index (χ0v) is 13.4. The van der Waals surface area contributed by atoms with Crippen LogP contribution in [0.25, 0.3) is 28.0 Å². The maximum absolute atomic E-state index is 13.1. The molecule has 3 nitrogen and oxygen atoms in total. The van der Waals surface area contributed by atoms with E-state index < -0.39 is 0 Å². The van der Waals surface area contributed by atoms with Gasteiger partial charge in [0, 0.05) is 16.3 Å². The Labute approximate surface area is 143 Å². The Morgan fingerprint density at radius 1 is 0.792 bits per heavy atom. The predicted octanol–water partition coefficient (Wildman–Crippen LogP) is 4.71. The zero-order valence-electron chi connectivity index (χ0n) is 12.7. The minimum atomic E-state index is -0.151. The average molecular weight is 333 g/mol. The van der Waals surface area contributed by atoms with E-state index >= 15 is 0 Å². The molecule has 0 N–H and O–H groups in total. The smallest absolute Gasteiger partial charge is 0.273 e. The number of fused-ring (bicyclic) bond motifs is 1. The van der Waals surface area contributed by atoms with E-state index in [-0.39, 0.29) is 5.56 Å². The maximum Gasteiger partial charge on any atom is 0.282 e. The fourth-order valence-corrected chi connectivity index (χ4v) is 2.89. The van der Waals surface area contributed by atoms with Crippen LogP contribution in [0.2, 0.25) is 5.02 Å². The van der Waals surface area contributed by atoms with Gasteiger partial charge in [0.15, 0.2) is 0 Å². The van der Waals surface area contributed by atoms with Gasteiger partial charge < -0.3 is 0 Å². The van der Waals surface area contributed by atoms with Crippen molar-refractivity contribution in [1.82, 2.24) is 9.55 Å². The Kier molecular flexibility index (Phi) is 3.63. The van der Waals surface area contributed by atoms with Crippen molar-refractivity contribution >= 4 is 22.6 Å². The summed E-state index contributed by atoms with van der Waals surface area (Å²) in [6.45, 7) is 0. The third-order valence-electron chi connectivity index (χ3n) is 3.89. The van der Waals surface area contributed by atoms with Gasteiger partial charge in [0.05, 0.1) is 11.0 Å². The van der Waals surface area contributed by atoms with E-state index in [1.807, 2.05) is 66.7 Å². The van der Waals surface area contributed by atoms with Crippen LogP contribution in [0.1, 0.15) is 0 Å². The van der Waals surface area contributed by atoms with Gasteiger partial charge in [-0.2, -0.15) is 0 Å². The van der Waals surface area contributed by atoms with Crippen LogP contribution in [0.3, 0.4) is 0 Å². The van der Waals surface area contributed by atoms with Crippen molar-refractivity contribution in [2.45, 2.75) is 0 Å². The fraction of sp³-hybridized carbons (Fsp3) is 0. The Morgan fingerprint density at radius 3 is 2.21 bits per heavy atom. The molecular weight excluding hydrogens is 320 g/mol. The van der Waals surface area contributed by atoms with Crippen LogP contribution in [0, 0.1) is 0 Å². The lowest BCUT2D eigenvalue weighted by Crippen LogP contribution is -2.22. The lowest BCUT2D eigenvalue weighted by atomic mass is 10.1. The lowest BCUT2D eigenvalue weighted by Gasteiger charge is -2.12. The largest absolute Gasteiger partial charge is 0.282 e. The normalized spacial score (nSPS) is 10.9. The van der Waals surface area contributed by atoms with Gasteiger partial charge in [-0.05, 0) is 36.4 Å². The summed E-state index contributed by atoms with van der Waals surface area (Å²) in [5, 5.41) is 0.633. The van der Waals surface area contributed by atoms with Crippen molar-refractivity contribution in [3.8, 4) is 16.9 Å². The van der Waals surface area contributed by atoms with Crippen molar-refractivity contribution in [3.63, 3.8) is 0 Å². The molecule has 24 heavy (non-hydrogen) atoms. The highest BCUT2D eigenvalue weighted by molar-refractivity contribution is 6.30. The summed E-state index contributed by atoms with van der Waals surface area (Å²) in [5.41, 5.74) is 3.39. The molecule has 0 spiro atoms. The van der Waals surface area contributed by atoms with Crippen LogP contribution in [0.4, 0.5) is 0 Å². The Balaban J connectivity index is 2.09. The van der Waals surface area contributed by atoms with Crippen molar-refractivity contribution < 1.29 is 0 Å². The van der Waals surface area contributed by atoms with Crippen molar-refractivity contribution in [3.05, 3.63) is 94.2 Å².